The predicted octanol–water partition coefficient (Wildman–Crippen LogP) is 4.22. The lowest BCUT2D eigenvalue weighted by molar-refractivity contribution is -0.120. The van der Waals surface area contributed by atoms with Crippen LogP contribution in [0.25, 0.3) is 0 Å². The molecular weight excluding hydrogens is 364 g/mol. The minimum Gasteiger partial charge on any atom is -0.352 e. The lowest BCUT2D eigenvalue weighted by atomic mass is 9.95. The molecule has 1 fully saturated rings. The maximum atomic E-state index is 12.2. The van der Waals surface area contributed by atoms with Gasteiger partial charge in [0.05, 0.1) is 5.25 Å². The molecule has 140 valence electrons. The molecule has 1 N–H and O–H groups in total. The van der Waals surface area contributed by atoms with Gasteiger partial charge >= 0.3 is 0 Å². The molecule has 1 aliphatic carbocycles. The van der Waals surface area contributed by atoms with E-state index in [4.69, 9.17) is 0 Å². The summed E-state index contributed by atoms with van der Waals surface area (Å²) < 4.78 is 2.31. The highest BCUT2D eigenvalue weighted by Crippen LogP contribution is 2.34. The third kappa shape index (κ3) is 4.76. The number of hydrogen-bond donors (Lipinski definition) is 1. The molecule has 26 heavy (non-hydrogen) atoms. The lowest BCUT2D eigenvalue weighted by Gasteiger charge is -2.26. The van der Waals surface area contributed by atoms with Crippen LogP contribution in [0.5, 0.6) is 0 Å². The quantitative estimate of drug-likeness (QED) is 0.542. The van der Waals surface area contributed by atoms with E-state index in [1.807, 2.05) is 6.92 Å². The molecule has 0 spiro atoms. The van der Waals surface area contributed by atoms with Crippen LogP contribution in [0.4, 0.5) is 0 Å². The van der Waals surface area contributed by atoms with Crippen molar-refractivity contribution in [1.82, 2.24) is 20.1 Å². The maximum Gasteiger partial charge on any atom is 0.233 e. The van der Waals surface area contributed by atoms with Gasteiger partial charge in [0.1, 0.15) is 5.82 Å². The maximum absolute atomic E-state index is 12.2. The Bertz CT molecular complexity index is 720. The van der Waals surface area contributed by atoms with Gasteiger partial charge in [-0.1, -0.05) is 43.2 Å². The number of nitrogens with one attached hydrogen (secondary N) is 1. The van der Waals surface area contributed by atoms with Gasteiger partial charge in [0, 0.05) is 23.9 Å². The Labute approximate surface area is 163 Å². The summed E-state index contributed by atoms with van der Waals surface area (Å²) >= 11 is 3.25. The highest BCUT2D eigenvalue weighted by molar-refractivity contribution is 8.00. The Kier molecular flexibility index (Phi) is 6.91. The van der Waals surface area contributed by atoms with Crippen molar-refractivity contribution in [2.45, 2.75) is 61.9 Å². The van der Waals surface area contributed by atoms with Crippen LogP contribution in [0.15, 0.2) is 35.3 Å². The summed E-state index contributed by atoms with van der Waals surface area (Å²) in [6.07, 6.45) is 8.64. The molecule has 1 aliphatic rings. The zero-order chi connectivity index (χ0) is 18.4. The summed E-state index contributed by atoms with van der Waals surface area (Å²) in [4.78, 5) is 13.5. The summed E-state index contributed by atoms with van der Waals surface area (Å²) in [6.45, 7) is 6.05. The molecule has 3 rings (SSSR count). The number of carbonyl (C=O) groups excluding carboxylic acids is 1. The fraction of sp³-hybridized carbons (Fsp3) is 0.526. The summed E-state index contributed by atoms with van der Waals surface area (Å²) in [5.74, 6) is 1.02. The molecule has 2 heterocycles. The summed E-state index contributed by atoms with van der Waals surface area (Å²) in [6, 6.07) is 4.66. The van der Waals surface area contributed by atoms with E-state index in [1.165, 1.54) is 48.7 Å². The zero-order valence-corrected chi connectivity index (χ0v) is 16.8. The van der Waals surface area contributed by atoms with Crippen LogP contribution in [0.1, 0.15) is 55.8 Å². The molecule has 5 nitrogen and oxygen atoms in total. The molecule has 0 bridgehead atoms. The highest BCUT2D eigenvalue weighted by Gasteiger charge is 2.25. The first kappa shape index (κ1) is 19.2. The average molecular weight is 391 g/mol. The number of rotatable bonds is 8. The number of thioether (sulfide) groups is 1. The number of amides is 1. The smallest absolute Gasteiger partial charge is 0.233 e. The van der Waals surface area contributed by atoms with Gasteiger partial charge in [0.25, 0.3) is 0 Å². The standard InChI is InChI=1S/C19H26N4OS2/c1-3-11-20-18(24)14(2)26-19-22-21-17(13-16-10-7-12-25-16)23(19)15-8-5-4-6-9-15/h3,7,10,12,14-15H,1,4-6,8-9,11,13H2,2H3,(H,20,24). The van der Waals surface area contributed by atoms with Crippen molar-refractivity contribution in [2.24, 2.45) is 0 Å². The van der Waals surface area contributed by atoms with Crippen LogP contribution in [-0.4, -0.2) is 32.5 Å². The SMILES string of the molecule is C=CCNC(=O)C(C)Sc1nnc(Cc2cccs2)n1C1CCCCC1. The average Bonchev–Trinajstić information content (AvgIpc) is 3.31. The first-order valence-electron chi connectivity index (χ1n) is 9.20. The van der Waals surface area contributed by atoms with Gasteiger partial charge in [-0.15, -0.1) is 28.1 Å². The normalized spacial score (nSPS) is 16.3. The predicted molar refractivity (Wildman–Crippen MR) is 108 cm³/mol. The second-order valence-corrected chi connectivity index (χ2v) is 8.95. The first-order chi connectivity index (χ1) is 12.7. The largest absolute Gasteiger partial charge is 0.352 e. The van der Waals surface area contributed by atoms with E-state index in [-0.39, 0.29) is 11.2 Å². The van der Waals surface area contributed by atoms with E-state index in [9.17, 15) is 4.79 Å². The van der Waals surface area contributed by atoms with Gasteiger partial charge in [-0.25, -0.2) is 0 Å². The Balaban J connectivity index is 1.80. The van der Waals surface area contributed by atoms with E-state index in [0.717, 1.165) is 17.4 Å². The molecule has 0 aromatic carbocycles. The second kappa shape index (κ2) is 9.37. The molecule has 0 radical (unpaired) electrons. The Morgan fingerprint density at radius 2 is 2.27 bits per heavy atom. The van der Waals surface area contributed by atoms with Crippen molar-refractivity contribution in [2.75, 3.05) is 6.54 Å². The molecule has 1 saturated carbocycles. The Morgan fingerprint density at radius 1 is 1.46 bits per heavy atom. The number of nitrogens with zero attached hydrogens (tertiary/aromatic N) is 3. The van der Waals surface area contributed by atoms with Gasteiger partial charge in [-0.2, -0.15) is 0 Å². The van der Waals surface area contributed by atoms with Crippen molar-refractivity contribution in [3.05, 3.63) is 40.9 Å². The van der Waals surface area contributed by atoms with E-state index in [1.54, 1.807) is 17.4 Å². The highest BCUT2D eigenvalue weighted by atomic mass is 32.2. The van der Waals surface area contributed by atoms with E-state index in [2.05, 4.69) is 44.2 Å². The summed E-state index contributed by atoms with van der Waals surface area (Å²) in [7, 11) is 0. The van der Waals surface area contributed by atoms with E-state index < -0.39 is 0 Å². The number of thiophene rings is 1. The third-order valence-electron chi connectivity index (χ3n) is 4.66. The van der Waals surface area contributed by atoms with E-state index >= 15 is 0 Å². The van der Waals surface area contributed by atoms with Gasteiger partial charge in [0.15, 0.2) is 5.16 Å². The Morgan fingerprint density at radius 3 is 2.96 bits per heavy atom. The van der Waals surface area contributed by atoms with Gasteiger partial charge < -0.3 is 9.88 Å². The Hall–Kier alpha value is -1.60. The van der Waals surface area contributed by atoms with Crippen molar-refractivity contribution in [1.29, 1.82) is 0 Å². The van der Waals surface area contributed by atoms with Crippen LogP contribution in [0.2, 0.25) is 0 Å². The monoisotopic (exact) mass is 390 g/mol. The van der Waals surface area contributed by atoms with E-state index in [0.29, 0.717) is 12.6 Å². The van der Waals surface area contributed by atoms with Crippen LogP contribution >= 0.6 is 23.1 Å². The minimum atomic E-state index is -0.212. The molecule has 1 unspecified atom stereocenters. The first-order valence-corrected chi connectivity index (χ1v) is 11.0. The topological polar surface area (TPSA) is 59.8 Å². The lowest BCUT2D eigenvalue weighted by Crippen LogP contribution is -2.31. The van der Waals surface area contributed by atoms with Crippen molar-refractivity contribution < 1.29 is 4.79 Å². The van der Waals surface area contributed by atoms with Gasteiger partial charge in [0.2, 0.25) is 5.91 Å². The number of aromatic nitrogens is 3. The second-order valence-electron chi connectivity index (χ2n) is 6.61. The number of hydrogen-bond acceptors (Lipinski definition) is 5. The zero-order valence-electron chi connectivity index (χ0n) is 15.2. The summed E-state index contributed by atoms with van der Waals surface area (Å²) in [5.41, 5.74) is 0. The van der Waals surface area contributed by atoms with Crippen LogP contribution in [-0.2, 0) is 11.2 Å². The third-order valence-corrected chi connectivity index (χ3v) is 6.59. The molecule has 0 saturated heterocycles. The van der Waals surface area contributed by atoms with Crippen LogP contribution in [0.3, 0.4) is 0 Å². The van der Waals surface area contributed by atoms with Crippen molar-refractivity contribution in [3.8, 4) is 0 Å². The van der Waals surface area contributed by atoms with Crippen LogP contribution < -0.4 is 5.32 Å². The fourth-order valence-electron chi connectivity index (χ4n) is 3.31. The molecule has 2 aromatic rings. The molecule has 2 aromatic heterocycles. The molecular formula is C19H26N4OS2. The fourth-order valence-corrected chi connectivity index (χ4v) is 4.98. The molecule has 1 atom stereocenters. The summed E-state index contributed by atoms with van der Waals surface area (Å²) in [5, 5.41) is 14.6. The van der Waals surface area contributed by atoms with Gasteiger partial charge in [-0.05, 0) is 31.2 Å². The van der Waals surface area contributed by atoms with Gasteiger partial charge in [-0.3, -0.25) is 4.79 Å². The van der Waals surface area contributed by atoms with Crippen molar-refractivity contribution >= 4 is 29.0 Å². The minimum absolute atomic E-state index is 0.00732. The molecule has 0 aliphatic heterocycles. The molecule has 1 amide bonds. The number of carbonyl (C=O) groups is 1. The van der Waals surface area contributed by atoms with Crippen molar-refractivity contribution in [3.63, 3.8) is 0 Å². The van der Waals surface area contributed by atoms with Crippen LogP contribution in [0, 0.1) is 0 Å². The molecule has 7 heteroatoms.